The van der Waals surface area contributed by atoms with Crippen LogP contribution in [0.2, 0.25) is 0 Å². The minimum Gasteiger partial charge on any atom is -0.467 e. The van der Waals surface area contributed by atoms with Crippen molar-refractivity contribution in [3.63, 3.8) is 0 Å². The van der Waals surface area contributed by atoms with Crippen LogP contribution in [0.3, 0.4) is 0 Å². The van der Waals surface area contributed by atoms with E-state index >= 15 is 0 Å². The largest absolute Gasteiger partial charge is 0.467 e. The van der Waals surface area contributed by atoms with Gasteiger partial charge in [0.2, 0.25) is 0 Å². The topological polar surface area (TPSA) is 44.5 Å². The Bertz CT molecular complexity index is 323. The lowest BCUT2D eigenvalue weighted by atomic mass is 10.0. The molecular weight excluding hydrogens is 178 g/mol. The highest BCUT2D eigenvalue weighted by Gasteiger charge is 2.14. The third-order valence-electron chi connectivity index (χ3n) is 2.26. The summed E-state index contributed by atoms with van der Waals surface area (Å²) in [5, 5.41) is 0. The summed E-state index contributed by atoms with van der Waals surface area (Å²) in [6.07, 6.45) is 0.850. The van der Waals surface area contributed by atoms with Crippen LogP contribution in [-0.4, -0.2) is 12.8 Å². The number of fused-ring (bicyclic) bond motifs is 1. The molecule has 1 aromatic rings. The Morgan fingerprint density at radius 2 is 2.36 bits per heavy atom. The highest BCUT2D eigenvalue weighted by Crippen LogP contribution is 2.28. The van der Waals surface area contributed by atoms with Gasteiger partial charge in [0.25, 0.3) is 0 Å². The summed E-state index contributed by atoms with van der Waals surface area (Å²) in [5.41, 5.74) is 8.07. The van der Waals surface area contributed by atoms with E-state index in [0.29, 0.717) is 13.4 Å². The van der Waals surface area contributed by atoms with Crippen molar-refractivity contribution < 1.29 is 9.47 Å². The van der Waals surface area contributed by atoms with Crippen LogP contribution < -0.4 is 10.5 Å². The number of hydrogen-bond acceptors (Lipinski definition) is 3. The van der Waals surface area contributed by atoms with E-state index in [1.165, 1.54) is 5.56 Å². The molecule has 3 nitrogen and oxygen atoms in total. The average molecular weight is 193 g/mol. The zero-order valence-electron chi connectivity index (χ0n) is 8.32. The molecule has 0 bridgehead atoms. The summed E-state index contributed by atoms with van der Waals surface area (Å²) in [4.78, 5) is 0. The van der Waals surface area contributed by atoms with Gasteiger partial charge in [-0.3, -0.25) is 0 Å². The molecule has 14 heavy (non-hydrogen) atoms. The highest BCUT2D eigenvalue weighted by atomic mass is 16.7. The average Bonchev–Trinajstić information content (AvgIpc) is 2.18. The molecule has 0 saturated carbocycles. The lowest BCUT2D eigenvalue weighted by Crippen LogP contribution is -2.20. The van der Waals surface area contributed by atoms with Crippen LogP contribution in [0.15, 0.2) is 18.2 Å². The molecule has 1 atom stereocenters. The molecule has 0 aromatic heterocycles. The molecule has 3 heteroatoms. The molecule has 0 aliphatic carbocycles. The van der Waals surface area contributed by atoms with Gasteiger partial charge in [-0.05, 0) is 18.9 Å². The predicted molar refractivity (Wildman–Crippen MR) is 54.1 cm³/mol. The van der Waals surface area contributed by atoms with E-state index in [1.54, 1.807) is 0 Å². The van der Waals surface area contributed by atoms with Crippen molar-refractivity contribution in [2.75, 3.05) is 6.79 Å². The quantitative estimate of drug-likeness (QED) is 0.773. The zero-order valence-corrected chi connectivity index (χ0v) is 8.32. The van der Waals surface area contributed by atoms with Crippen LogP contribution >= 0.6 is 0 Å². The van der Waals surface area contributed by atoms with Crippen LogP contribution in [0, 0.1) is 0 Å². The SMILES string of the molecule is CC(N)Cc1cccc2c1OCOC2. The van der Waals surface area contributed by atoms with E-state index < -0.39 is 0 Å². The number of ether oxygens (including phenoxy) is 2. The maximum atomic E-state index is 5.77. The maximum Gasteiger partial charge on any atom is 0.189 e. The zero-order chi connectivity index (χ0) is 9.97. The molecule has 0 saturated heterocycles. The smallest absolute Gasteiger partial charge is 0.189 e. The van der Waals surface area contributed by atoms with E-state index in [1.807, 2.05) is 19.1 Å². The number of para-hydroxylation sites is 1. The van der Waals surface area contributed by atoms with Crippen molar-refractivity contribution in [2.24, 2.45) is 5.73 Å². The van der Waals surface area contributed by atoms with Crippen LogP contribution in [-0.2, 0) is 17.8 Å². The molecule has 1 aliphatic heterocycles. The number of benzene rings is 1. The summed E-state index contributed by atoms with van der Waals surface area (Å²) in [6.45, 7) is 2.99. The lowest BCUT2D eigenvalue weighted by molar-refractivity contribution is -0.0170. The third-order valence-corrected chi connectivity index (χ3v) is 2.26. The Morgan fingerprint density at radius 1 is 1.50 bits per heavy atom. The lowest BCUT2D eigenvalue weighted by Gasteiger charge is -2.21. The Morgan fingerprint density at radius 3 is 3.14 bits per heavy atom. The number of nitrogens with two attached hydrogens (primary N) is 1. The van der Waals surface area contributed by atoms with Gasteiger partial charge in [0.1, 0.15) is 5.75 Å². The molecule has 2 N–H and O–H groups in total. The second kappa shape index (κ2) is 3.98. The van der Waals surface area contributed by atoms with Crippen LogP contribution in [0.25, 0.3) is 0 Å². The normalized spacial score (nSPS) is 17.0. The minimum atomic E-state index is 0.160. The van der Waals surface area contributed by atoms with Crippen molar-refractivity contribution in [3.8, 4) is 5.75 Å². The molecule has 0 amide bonds. The molecule has 1 heterocycles. The monoisotopic (exact) mass is 193 g/mol. The third kappa shape index (κ3) is 1.89. The van der Waals surface area contributed by atoms with Gasteiger partial charge < -0.3 is 15.2 Å². The van der Waals surface area contributed by atoms with Gasteiger partial charge >= 0.3 is 0 Å². The van der Waals surface area contributed by atoms with Crippen molar-refractivity contribution >= 4 is 0 Å². The Labute approximate surface area is 83.8 Å². The summed E-state index contributed by atoms with van der Waals surface area (Å²) in [5.74, 6) is 0.969. The molecule has 1 aliphatic rings. The second-order valence-electron chi connectivity index (χ2n) is 3.70. The Kier molecular flexibility index (Phi) is 2.70. The number of hydrogen-bond donors (Lipinski definition) is 1. The van der Waals surface area contributed by atoms with E-state index in [-0.39, 0.29) is 6.04 Å². The van der Waals surface area contributed by atoms with Crippen LogP contribution in [0.4, 0.5) is 0 Å². The van der Waals surface area contributed by atoms with Crippen molar-refractivity contribution in [2.45, 2.75) is 26.0 Å². The van der Waals surface area contributed by atoms with Crippen molar-refractivity contribution in [1.82, 2.24) is 0 Å². The first-order valence-electron chi connectivity index (χ1n) is 4.84. The van der Waals surface area contributed by atoms with E-state index in [2.05, 4.69) is 6.07 Å². The first-order chi connectivity index (χ1) is 6.77. The first-order valence-corrected chi connectivity index (χ1v) is 4.84. The summed E-state index contributed by atoms with van der Waals surface area (Å²) in [6, 6.07) is 6.27. The fourth-order valence-corrected chi connectivity index (χ4v) is 1.70. The Hall–Kier alpha value is -1.06. The van der Waals surface area contributed by atoms with E-state index in [9.17, 15) is 0 Å². The summed E-state index contributed by atoms with van der Waals surface area (Å²) < 4.78 is 10.7. The van der Waals surface area contributed by atoms with E-state index in [0.717, 1.165) is 17.7 Å². The first kappa shape index (κ1) is 9.49. The molecule has 1 unspecified atom stereocenters. The predicted octanol–water partition coefficient (Wildman–Crippen LogP) is 1.44. The van der Waals surface area contributed by atoms with Gasteiger partial charge in [-0.2, -0.15) is 0 Å². The highest BCUT2D eigenvalue weighted by molar-refractivity contribution is 5.42. The van der Waals surface area contributed by atoms with E-state index in [4.69, 9.17) is 15.2 Å². The van der Waals surface area contributed by atoms with Gasteiger partial charge in [0.05, 0.1) is 6.61 Å². The maximum absolute atomic E-state index is 5.77. The van der Waals surface area contributed by atoms with Gasteiger partial charge in [-0.15, -0.1) is 0 Å². The standard InChI is InChI=1S/C11H15NO2/c1-8(12)5-9-3-2-4-10-6-13-7-14-11(9)10/h2-4,8H,5-7,12H2,1H3. The fraction of sp³-hybridized carbons (Fsp3) is 0.455. The second-order valence-corrected chi connectivity index (χ2v) is 3.70. The molecule has 0 fully saturated rings. The van der Waals surface area contributed by atoms with Crippen molar-refractivity contribution in [1.29, 1.82) is 0 Å². The summed E-state index contributed by atoms with van der Waals surface area (Å²) in [7, 11) is 0. The van der Waals surface area contributed by atoms with Crippen LogP contribution in [0.5, 0.6) is 5.75 Å². The number of rotatable bonds is 2. The fourth-order valence-electron chi connectivity index (χ4n) is 1.70. The van der Waals surface area contributed by atoms with Gasteiger partial charge in [-0.25, -0.2) is 0 Å². The molecule has 76 valence electrons. The van der Waals surface area contributed by atoms with Gasteiger partial charge in [0.15, 0.2) is 6.79 Å². The van der Waals surface area contributed by atoms with Gasteiger partial charge in [-0.1, -0.05) is 18.2 Å². The molecule has 1 aromatic carbocycles. The molecule has 0 spiro atoms. The summed E-state index contributed by atoms with van der Waals surface area (Å²) >= 11 is 0. The minimum absolute atomic E-state index is 0.160. The molecular formula is C11H15NO2. The Balaban J connectivity index is 2.30. The van der Waals surface area contributed by atoms with Crippen LogP contribution in [0.1, 0.15) is 18.1 Å². The molecule has 2 rings (SSSR count). The van der Waals surface area contributed by atoms with Crippen molar-refractivity contribution in [3.05, 3.63) is 29.3 Å². The molecule has 0 radical (unpaired) electrons. The van der Waals surface area contributed by atoms with Gasteiger partial charge in [0, 0.05) is 11.6 Å².